The third kappa shape index (κ3) is 3.53. The highest BCUT2D eigenvalue weighted by Gasteiger charge is 2.22. The number of halogens is 2. The monoisotopic (exact) mass is 415 g/mol. The van der Waals surface area contributed by atoms with Crippen LogP contribution < -0.4 is 5.73 Å². The SMILES string of the molecule is NC(COC1CCC1)c1noc(-c2cc(Br)ccc2Br)n1. The zero-order valence-electron chi connectivity index (χ0n) is 11.3. The maximum atomic E-state index is 6.05. The molecule has 1 aromatic heterocycles. The molecule has 112 valence electrons. The van der Waals surface area contributed by atoms with Gasteiger partial charge in [0.25, 0.3) is 5.89 Å². The minimum absolute atomic E-state index is 0.349. The molecule has 1 atom stereocenters. The molecular formula is C14H15Br2N3O2. The molecule has 1 saturated carbocycles. The minimum atomic E-state index is -0.367. The summed E-state index contributed by atoms with van der Waals surface area (Å²) in [5, 5.41) is 3.96. The zero-order valence-corrected chi connectivity index (χ0v) is 14.4. The lowest BCUT2D eigenvalue weighted by Gasteiger charge is -2.26. The third-order valence-electron chi connectivity index (χ3n) is 3.50. The predicted octanol–water partition coefficient (Wildman–Crippen LogP) is 3.83. The normalized spacial score (nSPS) is 16.7. The summed E-state index contributed by atoms with van der Waals surface area (Å²) in [5.41, 5.74) is 6.88. The topological polar surface area (TPSA) is 74.2 Å². The lowest BCUT2D eigenvalue weighted by atomic mass is 9.96. The van der Waals surface area contributed by atoms with Crippen LogP contribution >= 0.6 is 31.9 Å². The van der Waals surface area contributed by atoms with E-state index in [9.17, 15) is 0 Å². The van der Waals surface area contributed by atoms with Crippen molar-refractivity contribution < 1.29 is 9.26 Å². The molecule has 0 amide bonds. The highest BCUT2D eigenvalue weighted by Crippen LogP contribution is 2.30. The molecule has 1 aliphatic carbocycles. The summed E-state index contributed by atoms with van der Waals surface area (Å²) in [4.78, 5) is 4.37. The van der Waals surface area contributed by atoms with E-state index in [4.69, 9.17) is 15.0 Å². The van der Waals surface area contributed by atoms with Crippen LogP contribution in [0.25, 0.3) is 11.5 Å². The van der Waals surface area contributed by atoms with Crippen molar-refractivity contribution in [3.8, 4) is 11.5 Å². The summed E-state index contributed by atoms with van der Waals surface area (Å²) in [6.07, 6.45) is 3.83. The van der Waals surface area contributed by atoms with Crippen molar-refractivity contribution in [2.45, 2.75) is 31.4 Å². The zero-order chi connectivity index (χ0) is 14.8. The van der Waals surface area contributed by atoms with Crippen LogP contribution in [0.2, 0.25) is 0 Å². The summed E-state index contributed by atoms with van der Waals surface area (Å²) in [5.74, 6) is 0.911. The first-order valence-corrected chi connectivity index (χ1v) is 8.38. The van der Waals surface area contributed by atoms with Gasteiger partial charge >= 0.3 is 0 Å². The molecular weight excluding hydrogens is 402 g/mol. The molecule has 3 rings (SSSR count). The number of benzene rings is 1. The average molecular weight is 417 g/mol. The van der Waals surface area contributed by atoms with Crippen LogP contribution in [-0.2, 0) is 4.74 Å². The molecule has 1 aliphatic rings. The van der Waals surface area contributed by atoms with E-state index >= 15 is 0 Å². The van der Waals surface area contributed by atoms with Gasteiger partial charge in [-0.1, -0.05) is 21.1 Å². The van der Waals surface area contributed by atoms with Crippen molar-refractivity contribution >= 4 is 31.9 Å². The maximum Gasteiger partial charge on any atom is 0.259 e. The molecule has 5 nitrogen and oxygen atoms in total. The van der Waals surface area contributed by atoms with Gasteiger partial charge in [0.2, 0.25) is 0 Å². The van der Waals surface area contributed by atoms with Crippen molar-refractivity contribution in [1.29, 1.82) is 0 Å². The molecule has 0 spiro atoms. The largest absolute Gasteiger partial charge is 0.376 e. The Kier molecular flexibility index (Phi) is 4.73. The minimum Gasteiger partial charge on any atom is -0.376 e. The van der Waals surface area contributed by atoms with Gasteiger partial charge < -0.3 is 15.0 Å². The van der Waals surface area contributed by atoms with Crippen molar-refractivity contribution in [3.05, 3.63) is 33.0 Å². The lowest BCUT2D eigenvalue weighted by molar-refractivity contribution is -0.00549. The Morgan fingerprint density at radius 2 is 2.19 bits per heavy atom. The van der Waals surface area contributed by atoms with E-state index in [0.717, 1.165) is 27.4 Å². The molecule has 1 unspecified atom stereocenters. The summed E-state index contributed by atoms with van der Waals surface area (Å²) in [7, 11) is 0. The van der Waals surface area contributed by atoms with E-state index in [2.05, 4.69) is 42.0 Å². The second-order valence-corrected chi connectivity index (χ2v) is 6.84. The van der Waals surface area contributed by atoms with E-state index in [1.807, 2.05) is 18.2 Å². The molecule has 0 bridgehead atoms. The number of hydrogen-bond acceptors (Lipinski definition) is 5. The van der Waals surface area contributed by atoms with Gasteiger partial charge in [-0.15, -0.1) is 0 Å². The molecule has 0 aliphatic heterocycles. The number of aromatic nitrogens is 2. The van der Waals surface area contributed by atoms with E-state index in [1.54, 1.807) is 0 Å². The van der Waals surface area contributed by atoms with Gasteiger partial charge in [0.05, 0.1) is 24.3 Å². The second kappa shape index (κ2) is 6.56. The molecule has 1 aromatic carbocycles. The van der Waals surface area contributed by atoms with Crippen LogP contribution in [0.15, 0.2) is 31.7 Å². The van der Waals surface area contributed by atoms with E-state index in [0.29, 0.717) is 24.4 Å². The molecule has 21 heavy (non-hydrogen) atoms. The third-order valence-corrected chi connectivity index (χ3v) is 4.68. The summed E-state index contributed by atoms with van der Waals surface area (Å²) in [6, 6.07) is 5.40. The second-order valence-electron chi connectivity index (χ2n) is 5.07. The first-order chi connectivity index (χ1) is 10.1. The molecule has 0 saturated heterocycles. The molecule has 1 heterocycles. The van der Waals surface area contributed by atoms with Crippen LogP contribution in [0.5, 0.6) is 0 Å². The predicted molar refractivity (Wildman–Crippen MR) is 85.7 cm³/mol. The number of rotatable bonds is 5. The van der Waals surface area contributed by atoms with Crippen LogP contribution in [0.3, 0.4) is 0 Å². The maximum absolute atomic E-state index is 6.05. The molecule has 0 radical (unpaired) electrons. The van der Waals surface area contributed by atoms with Crippen molar-refractivity contribution in [2.24, 2.45) is 5.73 Å². The van der Waals surface area contributed by atoms with Crippen molar-refractivity contribution in [2.75, 3.05) is 6.61 Å². The molecule has 2 N–H and O–H groups in total. The molecule has 7 heteroatoms. The van der Waals surface area contributed by atoms with Crippen LogP contribution in [0, 0.1) is 0 Å². The summed E-state index contributed by atoms with van der Waals surface area (Å²) >= 11 is 6.90. The van der Waals surface area contributed by atoms with Gasteiger partial charge in [0.1, 0.15) is 0 Å². The molecule has 2 aromatic rings. The van der Waals surface area contributed by atoms with Gasteiger partial charge in [-0.2, -0.15) is 4.98 Å². The lowest BCUT2D eigenvalue weighted by Crippen LogP contribution is -2.27. The summed E-state index contributed by atoms with van der Waals surface area (Å²) < 4.78 is 12.8. The molecule has 1 fully saturated rings. The number of hydrogen-bond donors (Lipinski definition) is 1. The number of nitrogens with zero attached hydrogens (tertiary/aromatic N) is 2. The van der Waals surface area contributed by atoms with Crippen LogP contribution in [0.4, 0.5) is 0 Å². The number of ether oxygens (including phenoxy) is 1. The van der Waals surface area contributed by atoms with Crippen molar-refractivity contribution in [3.63, 3.8) is 0 Å². The number of nitrogens with two attached hydrogens (primary N) is 1. The fourth-order valence-electron chi connectivity index (χ4n) is 2.01. The van der Waals surface area contributed by atoms with Gasteiger partial charge in [0.15, 0.2) is 5.82 Å². The quantitative estimate of drug-likeness (QED) is 0.801. The van der Waals surface area contributed by atoms with E-state index < -0.39 is 0 Å². The Bertz CT molecular complexity index is 628. The summed E-state index contributed by atoms with van der Waals surface area (Å²) in [6.45, 7) is 0.420. The fraction of sp³-hybridized carbons (Fsp3) is 0.429. The Balaban J connectivity index is 1.71. The average Bonchev–Trinajstić information content (AvgIpc) is 2.89. The van der Waals surface area contributed by atoms with E-state index in [1.165, 1.54) is 6.42 Å². The van der Waals surface area contributed by atoms with Crippen molar-refractivity contribution in [1.82, 2.24) is 10.1 Å². The van der Waals surface area contributed by atoms with Crippen LogP contribution in [0.1, 0.15) is 31.1 Å². The van der Waals surface area contributed by atoms with Gasteiger partial charge in [-0.05, 0) is 53.4 Å². The Morgan fingerprint density at radius 3 is 2.90 bits per heavy atom. The standard InChI is InChI=1S/C14H15Br2N3O2/c15-8-4-5-11(16)10(6-8)14-18-13(19-21-14)12(17)7-20-9-2-1-3-9/h4-6,9,12H,1-3,7,17H2. The Hall–Kier alpha value is -0.760. The van der Waals surface area contributed by atoms with E-state index in [-0.39, 0.29) is 6.04 Å². The fourth-order valence-corrected chi connectivity index (χ4v) is 2.79. The Morgan fingerprint density at radius 1 is 1.38 bits per heavy atom. The van der Waals surface area contributed by atoms with Crippen LogP contribution in [-0.4, -0.2) is 22.9 Å². The Labute approximate surface area is 139 Å². The smallest absolute Gasteiger partial charge is 0.259 e. The van der Waals surface area contributed by atoms with Gasteiger partial charge in [0, 0.05) is 8.95 Å². The highest BCUT2D eigenvalue weighted by molar-refractivity contribution is 9.11. The first-order valence-electron chi connectivity index (χ1n) is 6.79. The van der Waals surface area contributed by atoms with Gasteiger partial charge in [-0.3, -0.25) is 0 Å². The van der Waals surface area contributed by atoms with Gasteiger partial charge in [-0.25, -0.2) is 0 Å². The first kappa shape index (κ1) is 15.1. The highest BCUT2D eigenvalue weighted by atomic mass is 79.9.